The average Bonchev–Trinajstić information content (AvgIpc) is 3.28. The van der Waals surface area contributed by atoms with Gasteiger partial charge in [-0.25, -0.2) is 0 Å². The van der Waals surface area contributed by atoms with Gasteiger partial charge in [0, 0.05) is 17.1 Å². The van der Waals surface area contributed by atoms with Crippen LogP contribution in [-0.4, -0.2) is 11.8 Å². The molecular formula is C19H16N2O3S. The first-order valence-corrected chi connectivity index (χ1v) is 8.53. The van der Waals surface area contributed by atoms with Crippen LogP contribution in [0.1, 0.15) is 21.7 Å². The molecule has 0 aliphatic heterocycles. The molecule has 2 N–H and O–H groups in total. The van der Waals surface area contributed by atoms with E-state index in [0.29, 0.717) is 17.0 Å². The van der Waals surface area contributed by atoms with E-state index in [1.165, 1.54) is 23.7 Å². The number of carbonyl (C=O) groups excluding carboxylic acids is 2. The maximum absolute atomic E-state index is 12.6. The predicted molar refractivity (Wildman–Crippen MR) is 98.3 cm³/mol. The van der Waals surface area contributed by atoms with Crippen LogP contribution in [0.2, 0.25) is 0 Å². The number of amides is 2. The zero-order valence-corrected chi connectivity index (χ0v) is 14.3. The SMILES string of the molecule is Cc1cccc(NC(=O)C(=Cc2ccco2)NC(=O)c2ccsc2)c1. The molecular weight excluding hydrogens is 336 g/mol. The highest BCUT2D eigenvalue weighted by atomic mass is 32.1. The van der Waals surface area contributed by atoms with Gasteiger partial charge in [-0.2, -0.15) is 11.3 Å². The van der Waals surface area contributed by atoms with Crippen LogP contribution in [0.25, 0.3) is 6.08 Å². The zero-order chi connectivity index (χ0) is 17.6. The number of furan rings is 1. The number of thiophene rings is 1. The molecule has 2 aromatic heterocycles. The van der Waals surface area contributed by atoms with Crippen LogP contribution in [0, 0.1) is 6.92 Å². The van der Waals surface area contributed by atoms with Gasteiger partial charge in [-0.3, -0.25) is 9.59 Å². The minimum absolute atomic E-state index is 0.104. The van der Waals surface area contributed by atoms with Crippen molar-refractivity contribution in [2.75, 3.05) is 5.32 Å². The summed E-state index contributed by atoms with van der Waals surface area (Å²) >= 11 is 1.41. The Morgan fingerprint density at radius 1 is 1.16 bits per heavy atom. The monoisotopic (exact) mass is 352 g/mol. The van der Waals surface area contributed by atoms with Crippen LogP contribution < -0.4 is 10.6 Å². The topological polar surface area (TPSA) is 71.3 Å². The van der Waals surface area contributed by atoms with Gasteiger partial charge in [-0.1, -0.05) is 12.1 Å². The van der Waals surface area contributed by atoms with Gasteiger partial charge in [0.2, 0.25) is 0 Å². The molecule has 3 rings (SSSR count). The highest BCUT2D eigenvalue weighted by Crippen LogP contribution is 2.13. The zero-order valence-electron chi connectivity index (χ0n) is 13.5. The van der Waals surface area contributed by atoms with Gasteiger partial charge in [-0.05, 0) is 48.2 Å². The molecule has 0 atom stereocenters. The third-order valence-corrected chi connectivity index (χ3v) is 4.07. The van der Waals surface area contributed by atoms with Crippen molar-refractivity contribution >= 4 is 34.9 Å². The average molecular weight is 352 g/mol. The van der Waals surface area contributed by atoms with E-state index in [0.717, 1.165) is 5.56 Å². The number of aryl methyl sites for hydroxylation is 1. The molecule has 126 valence electrons. The number of hydrogen-bond donors (Lipinski definition) is 2. The molecule has 0 aliphatic carbocycles. The minimum atomic E-state index is -0.425. The lowest BCUT2D eigenvalue weighted by molar-refractivity contribution is -0.113. The summed E-state index contributed by atoms with van der Waals surface area (Å²) in [5.74, 6) is -0.302. The first kappa shape index (κ1) is 16.7. The van der Waals surface area contributed by atoms with E-state index < -0.39 is 5.91 Å². The largest absolute Gasteiger partial charge is 0.465 e. The maximum atomic E-state index is 12.6. The fourth-order valence-electron chi connectivity index (χ4n) is 2.18. The third kappa shape index (κ3) is 4.45. The number of anilines is 1. The molecule has 1 aromatic carbocycles. The lowest BCUT2D eigenvalue weighted by Crippen LogP contribution is -2.30. The Hall–Kier alpha value is -3.12. The van der Waals surface area contributed by atoms with Crippen molar-refractivity contribution in [1.29, 1.82) is 0 Å². The van der Waals surface area contributed by atoms with Gasteiger partial charge >= 0.3 is 0 Å². The molecule has 25 heavy (non-hydrogen) atoms. The van der Waals surface area contributed by atoms with Gasteiger partial charge in [0.15, 0.2) is 0 Å². The lowest BCUT2D eigenvalue weighted by Gasteiger charge is -2.10. The molecule has 0 fully saturated rings. The summed E-state index contributed by atoms with van der Waals surface area (Å²) in [6.45, 7) is 1.94. The molecule has 6 heteroatoms. The lowest BCUT2D eigenvalue weighted by atomic mass is 10.2. The molecule has 0 bridgehead atoms. The molecule has 0 aliphatic rings. The summed E-state index contributed by atoms with van der Waals surface area (Å²) in [6, 6.07) is 12.5. The van der Waals surface area contributed by atoms with Gasteiger partial charge in [0.25, 0.3) is 11.8 Å². The van der Waals surface area contributed by atoms with E-state index in [2.05, 4.69) is 10.6 Å². The predicted octanol–water partition coefficient (Wildman–Crippen LogP) is 4.06. The first-order valence-electron chi connectivity index (χ1n) is 7.58. The molecule has 0 saturated heterocycles. The maximum Gasteiger partial charge on any atom is 0.272 e. The Balaban J connectivity index is 1.83. The number of rotatable bonds is 5. The summed E-state index contributed by atoms with van der Waals surface area (Å²) in [5, 5.41) is 8.96. The van der Waals surface area contributed by atoms with Crippen LogP contribution >= 0.6 is 11.3 Å². The number of carbonyl (C=O) groups is 2. The van der Waals surface area contributed by atoms with E-state index in [4.69, 9.17) is 4.42 Å². The van der Waals surface area contributed by atoms with Crippen LogP contribution in [0.3, 0.4) is 0 Å². The van der Waals surface area contributed by atoms with Crippen molar-refractivity contribution in [1.82, 2.24) is 5.32 Å². The standard InChI is InChI=1S/C19H16N2O3S/c1-13-4-2-5-15(10-13)20-19(23)17(11-16-6-3-8-24-16)21-18(22)14-7-9-25-12-14/h2-12H,1H3,(H,20,23)(H,21,22). The van der Waals surface area contributed by atoms with E-state index in [9.17, 15) is 9.59 Å². The molecule has 3 aromatic rings. The van der Waals surface area contributed by atoms with E-state index in [-0.39, 0.29) is 11.6 Å². The fraction of sp³-hybridized carbons (Fsp3) is 0.0526. The van der Waals surface area contributed by atoms with Crippen molar-refractivity contribution in [2.45, 2.75) is 6.92 Å². The molecule has 0 radical (unpaired) electrons. The minimum Gasteiger partial charge on any atom is -0.465 e. The second-order valence-corrected chi connectivity index (χ2v) is 6.14. The second-order valence-electron chi connectivity index (χ2n) is 5.36. The van der Waals surface area contributed by atoms with Crippen molar-refractivity contribution < 1.29 is 14.0 Å². The first-order chi connectivity index (χ1) is 12.1. The molecule has 0 spiro atoms. The van der Waals surface area contributed by atoms with E-state index in [1.807, 2.05) is 25.1 Å². The van der Waals surface area contributed by atoms with Gasteiger partial charge in [0.1, 0.15) is 11.5 Å². The highest BCUT2D eigenvalue weighted by Gasteiger charge is 2.16. The normalized spacial score (nSPS) is 11.2. The van der Waals surface area contributed by atoms with Crippen LogP contribution in [-0.2, 0) is 4.79 Å². The molecule has 0 unspecified atom stereocenters. The van der Waals surface area contributed by atoms with E-state index in [1.54, 1.807) is 35.0 Å². The summed E-state index contributed by atoms with van der Waals surface area (Å²) < 4.78 is 5.25. The smallest absolute Gasteiger partial charge is 0.272 e. The number of benzene rings is 1. The summed E-state index contributed by atoms with van der Waals surface area (Å²) in [6.07, 6.45) is 3.00. The Labute approximate surface area is 149 Å². The molecule has 5 nitrogen and oxygen atoms in total. The molecule has 2 heterocycles. The summed E-state index contributed by atoms with van der Waals surface area (Å²) in [4.78, 5) is 24.9. The van der Waals surface area contributed by atoms with Crippen LogP contribution in [0.4, 0.5) is 5.69 Å². The Morgan fingerprint density at radius 2 is 2.04 bits per heavy atom. The highest BCUT2D eigenvalue weighted by molar-refractivity contribution is 7.08. The van der Waals surface area contributed by atoms with Gasteiger partial charge < -0.3 is 15.1 Å². The van der Waals surface area contributed by atoms with Gasteiger partial charge in [-0.15, -0.1) is 0 Å². The van der Waals surface area contributed by atoms with Crippen molar-refractivity contribution in [3.8, 4) is 0 Å². The molecule has 0 saturated carbocycles. The second kappa shape index (κ2) is 7.63. The Kier molecular flexibility index (Phi) is 5.11. The van der Waals surface area contributed by atoms with Crippen molar-refractivity contribution in [3.05, 3.63) is 82.1 Å². The fourth-order valence-corrected chi connectivity index (χ4v) is 2.82. The van der Waals surface area contributed by atoms with Crippen LogP contribution in [0.15, 0.2) is 69.6 Å². The van der Waals surface area contributed by atoms with Crippen LogP contribution in [0.5, 0.6) is 0 Å². The molecule has 2 amide bonds. The quantitative estimate of drug-likeness (QED) is 0.680. The third-order valence-electron chi connectivity index (χ3n) is 3.38. The summed E-state index contributed by atoms with van der Waals surface area (Å²) in [7, 11) is 0. The van der Waals surface area contributed by atoms with Crippen molar-refractivity contribution in [3.63, 3.8) is 0 Å². The number of hydrogen-bond acceptors (Lipinski definition) is 4. The van der Waals surface area contributed by atoms with Gasteiger partial charge in [0.05, 0.1) is 11.8 Å². The van der Waals surface area contributed by atoms with Crippen molar-refractivity contribution in [2.24, 2.45) is 0 Å². The Morgan fingerprint density at radius 3 is 2.72 bits per heavy atom. The van der Waals surface area contributed by atoms with E-state index >= 15 is 0 Å². The number of nitrogens with one attached hydrogen (secondary N) is 2. The Bertz CT molecular complexity index is 897. The summed E-state index contributed by atoms with van der Waals surface area (Å²) in [5.41, 5.74) is 2.28.